The minimum absolute atomic E-state index is 0.136. The van der Waals surface area contributed by atoms with Crippen LogP contribution < -0.4 is 0 Å². The van der Waals surface area contributed by atoms with Gasteiger partial charge in [-0.05, 0) is 124 Å². The number of halogens is 1. The van der Waals surface area contributed by atoms with Gasteiger partial charge in [0, 0.05) is 0 Å². The second kappa shape index (κ2) is 11.9. The molecular formula is C30H47F. The van der Waals surface area contributed by atoms with Crippen molar-refractivity contribution in [2.24, 2.45) is 23.7 Å². The lowest BCUT2D eigenvalue weighted by Crippen LogP contribution is -2.25. The molecule has 4 rings (SSSR count). The van der Waals surface area contributed by atoms with E-state index >= 15 is 0 Å². The maximum Gasteiger partial charge on any atom is 0.0894 e. The number of alkyl halides is 1. The van der Waals surface area contributed by atoms with Crippen molar-refractivity contribution < 1.29 is 4.39 Å². The molecule has 0 N–H and O–H groups in total. The van der Waals surface area contributed by atoms with E-state index in [4.69, 9.17) is 0 Å². The molecule has 3 saturated carbocycles. The number of rotatable bonds is 8. The van der Waals surface area contributed by atoms with E-state index in [0.29, 0.717) is 0 Å². The van der Waals surface area contributed by atoms with Gasteiger partial charge in [0.25, 0.3) is 0 Å². The summed E-state index contributed by atoms with van der Waals surface area (Å²) in [5.74, 6) is 5.43. The van der Waals surface area contributed by atoms with Gasteiger partial charge >= 0.3 is 0 Å². The van der Waals surface area contributed by atoms with E-state index in [9.17, 15) is 4.39 Å². The summed E-state index contributed by atoms with van der Waals surface area (Å²) in [4.78, 5) is 0. The molecule has 0 aliphatic heterocycles. The molecule has 3 aliphatic carbocycles. The molecule has 0 amide bonds. The van der Waals surface area contributed by atoms with Gasteiger partial charge in [0.05, 0.1) is 6.67 Å². The molecule has 3 fully saturated rings. The summed E-state index contributed by atoms with van der Waals surface area (Å²) in [6, 6.07) is 9.82. The molecule has 0 atom stereocenters. The molecule has 1 aromatic rings. The monoisotopic (exact) mass is 426 g/mol. The Kier molecular flexibility index (Phi) is 8.91. The molecule has 0 unspecified atom stereocenters. The van der Waals surface area contributed by atoms with Gasteiger partial charge in [0.15, 0.2) is 0 Å². The summed E-state index contributed by atoms with van der Waals surface area (Å²) in [6.07, 6.45) is 21.8. The fourth-order valence-corrected chi connectivity index (χ4v) is 7.47. The van der Waals surface area contributed by atoms with E-state index in [0.717, 1.165) is 48.3 Å². The molecule has 31 heavy (non-hydrogen) atoms. The molecular weight excluding hydrogens is 379 g/mol. The summed E-state index contributed by atoms with van der Waals surface area (Å²) in [6.45, 7) is 2.21. The zero-order valence-electron chi connectivity index (χ0n) is 20.2. The maximum absolute atomic E-state index is 12.4. The summed E-state index contributed by atoms with van der Waals surface area (Å²) in [7, 11) is 0. The van der Waals surface area contributed by atoms with Crippen LogP contribution in [0.5, 0.6) is 0 Å². The Morgan fingerprint density at radius 1 is 0.613 bits per heavy atom. The fourth-order valence-electron chi connectivity index (χ4n) is 7.47. The van der Waals surface area contributed by atoms with Gasteiger partial charge in [-0.15, -0.1) is 0 Å². The average Bonchev–Trinajstić information content (AvgIpc) is 2.84. The molecule has 0 spiro atoms. The lowest BCUT2D eigenvalue weighted by Gasteiger charge is -2.38. The smallest absolute Gasteiger partial charge is 0.0894 e. The highest BCUT2D eigenvalue weighted by Gasteiger charge is 2.31. The Morgan fingerprint density at radius 3 is 1.52 bits per heavy atom. The summed E-state index contributed by atoms with van der Waals surface area (Å²) in [5.41, 5.74) is 3.16. The molecule has 1 heteroatoms. The predicted molar refractivity (Wildman–Crippen MR) is 131 cm³/mol. The van der Waals surface area contributed by atoms with E-state index in [2.05, 4.69) is 31.2 Å². The molecule has 1 aromatic carbocycles. The van der Waals surface area contributed by atoms with Crippen molar-refractivity contribution in [1.82, 2.24) is 0 Å². The Morgan fingerprint density at radius 2 is 1.03 bits per heavy atom. The van der Waals surface area contributed by atoms with Crippen molar-refractivity contribution in [3.63, 3.8) is 0 Å². The molecule has 0 heterocycles. The van der Waals surface area contributed by atoms with Crippen molar-refractivity contribution in [3.8, 4) is 0 Å². The molecule has 0 nitrogen and oxygen atoms in total. The van der Waals surface area contributed by atoms with Crippen LogP contribution in [0.25, 0.3) is 0 Å². The van der Waals surface area contributed by atoms with Gasteiger partial charge in [-0.3, -0.25) is 4.39 Å². The first-order valence-corrected chi connectivity index (χ1v) is 13.9. The second-order valence-electron chi connectivity index (χ2n) is 11.4. The van der Waals surface area contributed by atoms with Crippen LogP contribution in [0.15, 0.2) is 24.3 Å². The largest absolute Gasteiger partial charge is 0.251 e. The first-order valence-electron chi connectivity index (χ1n) is 13.9. The van der Waals surface area contributed by atoms with Crippen LogP contribution in [0.2, 0.25) is 0 Å². The van der Waals surface area contributed by atoms with Crippen molar-refractivity contribution >= 4 is 0 Å². The molecule has 0 aromatic heterocycles. The van der Waals surface area contributed by atoms with Crippen LogP contribution in [0.4, 0.5) is 4.39 Å². The molecule has 0 saturated heterocycles. The predicted octanol–water partition coefficient (Wildman–Crippen LogP) is 9.59. The number of benzene rings is 1. The first kappa shape index (κ1) is 23.3. The summed E-state index contributed by atoms with van der Waals surface area (Å²) in [5, 5.41) is 0. The highest BCUT2D eigenvalue weighted by molar-refractivity contribution is 5.28. The zero-order chi connectivity index (χ0) is 21.5. The Labute approximate surface area is 191 Å². The minimum atomic E-state index is -0.136. The van der Waals surface area contributed by atoms with E-state index in [1.165, 1.54) is 89.9 Å². The van der Waals surface area contributed by atoms with Crippen LogP contribution in [0.3, 0.4) is 0 Å². The van der Waals surface area contributed by atoms with E-state index < -0.39 is 0 Å². The van der Waals surface area contributed by atoms with Crippen molar-refractivity contribution in [2.45, 2.75) is 121 Å². The van der Waals surface area contributed by atoms with E-state index in [-0.39, 0.29) is 6.67 Å². The third kappa shape index (κ3) is 6.35. The maximum atomic E-state index is 12.4. The van der Waals surface area contributed by atoms with Crippen molar-refractivity contribution in [2.75, 3.05) is 6.67 Å². The standard InChI is InChI=1S/C30H47F/c1-2-4-23-6-10-25(11-7-23)27-14-18-29(19-15-27)30-20-16-28(17-21-30)26-12-8-24(9-13-26)5-3-22-31/h16-17,20-21,23-27,29H,2-15,18-19,22H2,1H3/t23-,24?,25-,26?,27-,29-. The molecule has 0 bridgehead atoms. The molecule has 174 valence electrons. The first-order chi connectivity index (χ1) is 15.3. The second-order valence-corrected chi connectivity index (χ2v) is 11.4. The average molecular weight is 427 g/mol. The SMILES string of the molecule is CCC[C@H]1CC[C@H]([C@H]2CC[C@H](c3ccc(C4CCC(CCCF)CC4)cc3)CC2)CC1. The van der Waals surface area contributed by atoms with Crippen LogP contribution in [0, 0.1) is 23.7 Å². The quantitative estimate of drug-likeness (QED) is 0.388. The van der Waals surface area contributed by atoms with Crippen molar-refractivity contribution in [1.29, 1.82) is 0 Å². The Hall–Kier alpha value is -0.850. The highest BCUT2D eigenvalue weighted by atomic mass is 19.1. The highest BCUT2D eigenvalue weighted by Crippen LogP contribution is 2.45. The van der Waals surface area contributed by atoms with E-state index in [1.807, 2.05) is 0 Å². The lowest BCUT2D eigenvalue weighted by molar-refractivity contribution is 0.156. The van der Waals surface area contributed by atoms with E-state index in [1.54, 1.807) is 11.1 Å². The molecule has 3 aliphatic rings. The van der Waals surface area contributed by atoms with Crippen LogP contribution >= 0.6 is 0 Å². The van der Waals surface area contributed by atoms with Crippen LogP contribution in [-0.2, 0) is 0 Å². The normalized spacial score (nSPS) is 34.5. The van der Waals surface area contributed by atoms with Gasteiger partial charge < -0.3 is 0 Å². The van der Waals surface area contributed by atoms with Gasteiger partial charge in [0.1, 0.15) is 0 Å². The topological polar surface area (TPSA) is 0 Å². The fraction of sp³-hybridized carbons (Fsp3) is 0.800. The van der Waals surface area contributed by atoms with Crippen LogP contribution in [-0.4, -0.2) is 6.67 Å². The third-order valence-electron chi connectivity index (χ3n) is 9.50. The van der Waals surface area contributed by atoms with Gasteiger partial charge in [0.2, 0.25) is 0 Å². The minimum Gasteiger partial charge on any atom is -0.251 e. The summed E-state index contributed by atoms with van der Waals surface area (Å²) >= 11 is 0. The van der Waals surface area contributed by atoms with Gasteiger partial charge in [-0.2, -0.15) is 0 Å². The van der Waals surface area contributed by atoms with Crippen molar-refractivity contribution in [3.05, 3.63) is 35.4 Å². The van der Waals surface area contributed by atoms with Crippen LogP contribution in [0.1, 0.15) is 133 Å². The number of hydrogen-bond acceptors (Lipinski definition) is 0. The Balaban J connectivity index is 1.21. The van der Waals surface area contributed by atoms with Gasteiger partial charge in [-0.1, -0.05) is 56.9 Å². The third-order valence-corrected chi connectivity index (χ3v) is 9.50. The zero-order valence-corrected chi connectivity index (χ0v) is 20.2. The lowest BCUT2D eigenvalue weighted by atomic mass is 9.68. The molecule has 0 radical (unpaired) electrons. The Bertz CT molecular complexity index is 610. The van der Waals surface area contributed by atoms with Gasteiger partial charge in [-0.25, -0.2) is 0 Å². The summed E-state index contributed by atoms with van der Waals surface area (Å²) < 4.78 is 12.4. The number of hydrogen-bond donors (Lipinski definition) is 0.